The van der Waals surface area contributed by atoms with E-state index in [9.17, 15) is 0 Å². The minimum atomic E-state index is 0.139. The highest BCUT2D eigenvalue weighted by Crippen LogP contribution is 2.47. The number of hydrazone groups is 1. The number of hydrogen-bond donors (Lipinski definition) is 2. The van der Waals surface area contributed by atoms with E-state index in [4.69, 9.17) is 39.9 Å². The van der Waals surface area contributed by atoms with Crippen LogP contribution in [0.4, 0.5) is 0 Å². The van der Waals surface area contributed by atoms with E-state index in [-0.39, 0.29) is 10.6 Å². The third-order valence-corrected chi connectivity index (χ3v) is 6.87. The molecule has 0 atom stereocenters. The molecule has 1 aliphatic carbocycles. The average molecular weight is 562 g/mol. The van der Waals surface area contributed by atoms with Gasteiger partial charge in [-0.3, -0.25) is 4.90 Å². The van der Waals surface area contributed by atoms with Crippen LogP contribution in [0.25, 0.3) is 6.08 Å². The Bertz CT molecular complexity index is 1080. The van der Waals surface area contributed by atoms with Gasteiger partial charge in [0.2, 0.25) is 0 Å². The van der Waals surface area contributed by atoms with E-state index in [2.05, 4.69) is 65.1 Å². The molecule has 7 heteroatoms. The smallest absolute Gasteiger partial charge is 0.0918 e. The number of likely N-dealkylation sites (tertiary alicyclic amines) is 1. The van der Waals surface area contributed by atoms with Gasteiger partial charge in [-0.2, -0.15) is 5.10 Å². The van der Waals surface area contributed by atoms with Crippen LogP contribution in [0.15, 0.2) is 77.5 Å². The van der Waals surface area contributed by atoms with Gasteiger partial charge in [-0.05, 0) is 68.2 Å². The highest BCUT2D eigenvalue weighted by Gasteiger charge is 2.44. The molecule has 4 nitrogen and oxygen atoms in total. The molecule has 37 heavy (non-hydrogen) atoms. The van der Waals surface area contributed by atoms with Gasteiger partial charge in [-0.15, -0.1) is 0 Å². The summed E-state index contributed by atoms with van der Waals surface area (Å²) in [7, 11) is 0. The zero-order chi connectivity index (χ0) is 27.3. The Morgan fingerprint density at radius 3 is 2.32 bits per heavy atom. The van der Waals surface area contributed by atoms with Crippen molar-refractivity contribution in [3.63, 3.8) is 0 Å². The number of nitrogens with zero attached hydrogens (tertiary/aromatic N) is 2. The fraction of sp³-hybridized carbons (Fsp3) is 0.367. The van der Waals surface area contributed by atoms with Gasteiger partial charge in [0, 0.05) is 34.0 Å². The number of hydrogen-bond acceptors (Lipinski definition) is 4. The van der Waals surface area contributed by atoms with Gasteiger partial charge in [-0.25, -0.2) is 0 Å². The fourth-order valence-electron chi connectivity index (χ4n) is 4.65. The number of nitrogens with two attached hydrogens (primary N) is 1. The number of fused-ring (bicyclic) bond motifs is 2. The van der Waals surface area contributed by atoms with Crippen molar-refractivity contribution in [2.24, 2.45) is 10.8 Å². The summed E-state index contributed by atoms with van der Waals surface area (Å²) < 4.78 is 0. The molecule has 1 aliphatic heterocycles. The molecule has 0 unspecified atom stereocenters. The summed E-state index contributed by atoms with van der Waals surface area (Å²) >= 11 is 17.2. The van der Waals surface area contributed by atoms with Gasteiger partial charge in [-0.1, -0.05) is 97.7 Å². The van der Waals surface area contributed by atoms with Crippen LogP contribution in [-0.4, -0.2) is 36.8 Å². The van der Waals surface area contributed by atoms with Gasteiger partial charge in [0.25, 0.3) is 0 Å². The molecular formula is C30H39Cl3N4. The average Bonchev–Trinajstić information content (AvgIpc) is 3.17. The van der Waals surface area contributed by atoms with E-state index in [0.29, 0.717) is 0 Å². The lowest BCUT2D eigenvalue weighted by molar-refractivity contribution is 0.179. The maximum Gasteiger partial charge on any atom is 0.0918 e. The zero-order valence-electron chi connectivity index (χ0n) is 22.1. The second-order valence-electron chi connectivity index (χ2n) is 8.84. The Labute approximate surface area is 237 Å². The first-order valence-corrected chi connectivity index (χ1v) is 13.9. The number of piperidine rings is 1. The number of nitrogens with one attached hydrogen (secondary N) is 1. The summed E-state index contributed by atoms with van der Waals surface area (Å²) in [4.78, 5) is 2.53. The number of halogens is 3. The normalized spacial score (nSPS) is 17.3. The van der Waals surface area contributed by atoms with Crippen molar-refractivity contribution in [3.05, 3.63) is 99.2 Å². The minimum absolute atomic E-state index is 0.139. The molecule has 1 spiro atoms. The van der Waals surface area contributed by atoms with Gasteiger partial charge < -0.3 is 11.2 Å². The highest BCUT2D eigenvalue weighted by molar-refractivity contribution is 6.31. The molecule has 2 aromatic rings. The van der Waals surface area contributed by atoms with Gasteiger partial charge >= 0.3 is 0 Å². The molecule has 1 heterocycles. The topological polar surface area (TPSA) is 53.7 Å². The second kappa shape index (κ2) is 15.9. The first kappa shape index (κ1) is 31.0. The first-order valence-electron chi connectivity index (χ1n) is 12.8. The van der Waals surface area contributed by atoms with Crippen LogP contribution in [0, 0.1) is 0 Å². The van der Waals surface area contributed by atoms with E-state index in [0.717, 1.165) is 61.2 Å². The molecule has 200 valence electrons. The molecule has 3 N–H and O–H groups in total. The molecule has 0 radical (unpaired) electrons. The standard InChI is InChI=1S/C26H29Cl2N3.C2H4ClN.C2H6/c1-2-3-14-29-30-25-19-26(24-18-22(28)10-11-23(24)25)12-16-31(17-13-26)15-4-5-20-6-8-21(27)9-7-20;1-2(3)4;1-2/h2-11,18,29H,12-17,19H2,1H3;1,4H2;1-2H3/b3-2+,5-4+,30-25+;;. The number of allylic oxidation sites excluding steroid dienone is 1. The molecule has 0 saturated carbocycles. The first-order chi connectivity index (χ1) is 17.8. The predicted molar refractivity (Wildman–Crippen MR) is 164 cm³/mol. The minimum Gasteiger partial charge on any atom is -0.390 e. The quantitative estimate of drug-likeness (QED) is 0.163. The van der Waals surface area contributed by atoms with Crippen molar-refractivity contribution >= 4 is 46.6 Å². The summed E-state index contributed by atoms with van der Waals surface area (Å²) in [5, 5.41) is 6.45. The summed E-state index contributed by atoms with van der Waals surface area (Å²) in [5.74, 6) is 0. The third kappa shape index (κ3) is 9.54. The van der Waals surface area contributed by atoms with Crippen LogP contribution < -0.4 is 11.2 Å². The Morgan fingerprint density at radius 1 is 1.08 bits per heavy atom. The Kier molecular flexibility index (Phi) is 13.3. The lowest BCUT2D eigenvalue weighted by Crippen LogP contribution is -2.41. The Morgan fingerprint density at radius 2 is 1.70 bits per heavy atom. The van der Waals surface area contributed by atoms with E-state index < -0.39 is 0 Å². The zero-order valence-corrected chi connectivity index (χ0v) is 24.4. The molecule has 4 rings (SSSR count). The summed E-state index contributed by atoms with van der Waals surface area (Å²) in [6.07, 6.45) is 11.8. The molecule has 2 aliphatic rings. The van der Waals surface area contributed by atoms with Crippen molar-refractivity contribution in [2.45, 2.75) is 45.4 Å². The van der Waals surface area contributed by atoms with Crippen molar-refractivity contribution in [1.29, 1.82) is 0 Å². The lowest BCUT2D eigenvalue weighted by Gasteiger charge is -2.39. The maximum absolute atomic E-state index is 6.39. The van der Waals surface area contributed by atoms with Crippen LogP contribution in [-0.2, 0) is 5.41 Å². The fourth-order valence-corrected chi connectivity index (χ4v) is 4.95. The van der Waals surface area contributed by atoms with Gasteiger partial charge in [0.05, 0.1) is 17.4 Å². The molecule has 0 bridgehead atoms. The van der Waals surface area contributed by atoms with E-state index in [1.807, 2.05) is 45.0 Å². The second-order valence-corrected chi connectivity index (χ2v) is 10.2. The highest BCUT2D eigenvalue weighted by atomic mass is 35.5. The molecule has 2 aromatic carbocycles. The van der Waals surface area contributed by atoms with Crippen LogP contribution in [0.3, 0.4) is 0 Å². The van der Waals surface area contributed by atoms with E-state index >= 15 is 0 Å². The molecule has 1 saturated heterocycles. The molecule has 1 fully saturated rings. The maximum atomic E-state index is 6.39. The van der Waals surface area contributed by atoms with Crippen molar-refractivity contribution in [2.75, 3.05) is 26.2 Å². The monoisotopic (exact) mass is 560 g/mol. The van der Waals surface area contributed by atoms with Crippen LogP contribution in [0.5, 0.6) is 0 Å². The lowest BCUT2D eigenvalue weighted by atomic mass is 9.74. The molecule has 0 amide bonds. The third-order valence-electron chi connectivity index (χ3n) is 6.39. The number of rotatable bonds is 6. The van der Waals surface area contributed by atoms with E-state index in [1.54, 1.807) is 0 Å². The summed E-state index contributed by atoms with van der Waals surface area (Å²) in [5.41, 5.74) is 13.0. The summed E-state index contributed by atoms with van der Waals surface area (Å²) in [6, 6.07) is 14.3. The number of benzene rings is 2. The van der Waals surface area contributed by atoms with Crippen molar-refractivity contribution in [3.8, 4) is 0 Å². The van der Waals surface area contributed by atoms with Crippen molar-refractivity contribution < 1.29 is 0 Å². The van der Waals surface area contributed by atoms with Gasteiger partial charge in [0.1, 0.15) is 0 Å². The van der Waals surface area contributed by atoms with Crippen LogP contribution >= 0.6 is 34.8 Å². The molecular weight excluding hydrogens is 523 g/mol. The van der Waals surface area contributed by atoms with Crippen LogP contribution in [0.1, 0.15) is 56.7 Å². The Hall–Kier alpha value is -2.24. The van der Waals surface area contributed by atoms with Gasteiger partial charge in [0.15, 0.2) is 0 Å². The summed E-state index contributed by atoms with van der Waals surface area (Å²) in [6.45, 7) is 13.0. The van der Waals surface area contributed by atoms with E-state index in [1.165, 1.54) is 16.7 Å². The SMILES string of the molecule is C/C=C/CN/N=C1\CC2(CCN(C/C=C/c3ccc(Cl)cc3)CC2)c2cc(Cl)ccc21.C=C(N)Cl.CC. The van der Waals surface area contributed by atoms with Crippen molar-refractivity contribution in [1.82, 2.24) is 10.3 Å². The predicted octanol–water partition coefficient (Wildman–Crippen LogP) is 8.00. The Balaban J connectivity index is 0.000000733. The van der Waals surface area contributed by atoms with Crippen LogP contribution in [0.2, 0.25) is 10.0 Å². The molecule has 0 aromatic heterocycles. The largest absolute Gasteiger partial charge is 0.390 e.